The molecule has 7 heteroatoms. The topological polar surface area (TPSA) is 131 Å². The maximum Gasteiger partial charge on any atom is 0.116 e. The van der Waals surface area contributed by atoms with E-state index in [1.807, 2.05) is 6.08 Å². The molecule has 0 saturated carbocycles. The van der Waals surface area contributed by atoms with Crippen LogP contribution in [0.3, 0.4) is 0 Å². The summed E-state index contributed by atoms with van der Waals surface area (Å²) >= 11 is 0. The highest BCUT2D eigenvalue weighted by molar-refractivity contribution is 5.70. The first kappa shape index (κ1) is 20.3. The van der Waals surface area contributed by atoms with Crippen LogP contribution in [0, 0.1) is 0 Å². The van der Waals surface area contributed by atoms with Crippen molar-refractivity contribution in [3.63, 3.8) is 0 Å². The van der Waals surface area contributed by atoms with Crippen LogP contribution in [-0.4, -0.2) is 67.8 Å². The fraction of sp³-hybridized carbons (Fsp3) is 0.333. The van der Waals surface area contributed by atoms with Gasteiger partial charge >= 0.3 is 0 Å². The van der Waals surface area contributed by atoms with Gasteiger partial charge in [0.1, 0.15) is 35.9 Å². The molecule has 2 aromatic rings. The summed E-state index contributed by atoms with van der Waals surface area (Å²) in [5, 5.41) is 58.6. The summed E-state index contributed by atoms with van der Waals surface area (Å²) in [7, 11) is 0. The van der Waals surface area contributed by atoms with Gasteiger partial charge in [-0.2, -0.15) is 0 Å². The Morgan fingerprint density at radius 1 is 0.750 bits per heavy atom. The number of hydrogen-bond donors (Lipinski definition) is 6. The van der Waals surface area contributed by atoms with E-state index in [-0.39, 0.29) is 17.9 Å². The number of rotatable bonds is 5. The number of benzene rings is 2. The van der Waals surface area contributed by atoms with E-state index in [1.54, 1.807) is 42.5 Å². The average molecular weight is 388 g/mol. The van der Waals surface area contributed by atoms with E-state index in [4.69, 9.17) is 4.74 Å². The van der Waals surface area contributed by atoms with E-state index < -0.39 is 37.1 Å². The van der Waals surface area contributed by atoms with E-state index in [9.17, 15) is 30.6 Å². The molecule has 1 fully saturated rings. The van der Waals surface area contributed by atoms with Crippen molar-refractivity contribution in [3.8, 4) is 11.5 Å². The quantitative estimate of drug-likeness (QED) is 0.415. The molecule has 0 aliphatic carbocycles. The highest BCUT2D eigenvalue weighted by atomic mass is 16.5. The second kappa shape index (κ2) is 8.72. The molecule has 1 aliphatic rings. The molecule has 7 nitrogen and oxygen atoms in total. The van der Waals surface area contributed by atoms with Crippen molar-refractivity contribution in [2.45, 2.75) is 36.9 Å². The standard InChI is InChI=1S/C21H24O7/c22-11-18-20(26)21(27)19(25)17(28-18)10-14-7-13(8-16(24)9-14)2-1-12-3-5-15(23)6-4-12/h1-9,17-27H,10-11H2/t17-,18+,19-,20+,21+/m0/s1. The minimum Gasteiger partial charge on any atom is -0.508 e. The predicted molar refractivity (Wildman–Crippen MR) is 103 cm³/mol. The fourth-order valence-electron chi connectivity index (χ4n) is 3.27. The molecule has 150 valence electrons. The summed E-state index contributed by atoms with van der Waals surface area (Å²) in [6, 6.07) is 11.6. The molecule has 0 spiro atoms. The van der Waals surface area contributed by atoms with E-state index in [1.165, 1.54) is 6.07 Å². The Morgan fingerprint density at radius 3 is 2.07 bits per heavy atom. The Labute approximate surface area is 162 Å². The molecule has 0 aromatic heterocycles. The molecular formula is C21H24O7. The zero-order chi connectivity index (χ0) is 20.3. The van der Waals surface area contributed by atoms with Gasteiger partial charge in [-0.05, 0) is 41.0 Å². The molecule has 0 bridgehead atoms. The fourth-order valence-corrected chi connectivity index (χ4v) is 3.27. The Bertz CT molecular complexity index is 816. The third-order valence-corrected chi connectivity index (χ3v) is 4.79. The first-order valence-corrected chi connectivity index (χ1v) is 8.98. The van der Waals surface area contributed by atoms with Crippen LogP contribution in [0.1, 0.15) is 16.7 Å². The van der Waals surface area contributed by atoms with Crippen molar-refractivity contribution in [3.05, 3.63) is 59.2 Å². The average Bonchev–Trinajstić information content (AvgIpc) is 2.67. The van der Waals surface area contributed by atoms with Crippen molar-refractivity contribution < 1.29 is 35.4 Å². The Morgan fingerprint density at radius 2 is 1.39 bits per heavy atom. The van der Waals surface area contributed by atoms with Crippen LogP contribution in [0.5, 0.6) is 11.5 Å². The highest BCUT2D eigenvalue weighted by Gasteiger charge is 2.43. The van der Waals surface area contributed by atoms with Crippen LogP contribution in [0.2, 0.25) is 0 Å². The van der Waals surface area contributed by atoms with Gasteiger partial charge in [-0.15, -0.1) is 0 Å². The van der Waals surface area contributed by atoms with Gasteiger partial charge in [0, 0.05) is 6.42 Å². The first-order valence-electron chi connectivity index (χ1n) is 8.98. The minimum absolute atomic E-state index is 0.0347. The normalized spacial score (nSPS) is 27.9. The summed E-state index contributed by atoms with van der Waals surface area (Å²) in [5.41, 5.74) is 2.25. The lowest BCUT2D eigenvalue weighted by Crippen LogP contribution is -2.59. The van der Waals surface area contributed by atoms with Crippen molar-refractivity contribution in [1.82, 2.24) is 0 Å². The second-order valence-electron chi connectivity index (χ2n) is 6.93. The maximum absolute atomic E-state index is 10.2. The number of hydrogen-bond acceptors (Lipinski definition) is 7. The lowest BCUT2D eigenvalue weighted by Gasteiger charge is -2.40. The molecule has 5 atom stereocenters. The van der Waals surface area contributed by atoms with Crippen molar-refractivity contribution in [2.24, 2.45) is 0 Å². The highest BCUT2D eigenvalue weighted by Crippen LogP contribution is 2.26. The minimum atomic E-state index is -1.43. The predicted octanol–water partition coefficient (Wildman–Crippen LogP) is 0.653. The number of aliphatic hydroxyl groups is 4. The molecule has 28 heavy (non-hydrogen) atoms. The first-order chi connectivity index (χ1) is 13.4. The molecular weight excluding hydrogens is 364 g/mol. The number of ether oxygens (including phenoxy) is 1. The lowest BCUT2D eigenvalue weighted by atomic mass is 9.91. The zero-order valence-corrected chi connectivity index (χ0v) is 15.1. The van der Waals surface area contributed by atoms with Crippen molar-refractivity contribution in [2.75, 3.05) is 6.61 Å². The number of aliphatic hydroxyl groups excluding tert-OH is 4. The zero-order valence-electron chi connectivity index (χ0n) is 15.1. The van der Waals surface area contributed by atoms with Crippen LogP contribution < -0.4 is 0 Å². The van der Waals surface area contributed by atoms with Gasteiger partial charge < -0.3 is 35.4 Å². The second-order valence-corrected chi connectivity index (χ2v) is 6.93. The van der Waals surface area contributed by atoms with Crippen LogP contribution in [0.4, 0.5) is 0 Å². The van der Waals surface area contributed by atoms with E-state index in [2.05, 4.69) is 0 Å². The molecule has 6 N–H and O–H groups in total. The van der Waals surface area contributed by atoms with Gasteiger partial charge in [0.05, 0.1) is 12.7 Å². The van der Waals surface area contributed by atoms with E-state index in [0.29, 0.717) is 11.1 Å². The van der Waals surface area contributed by atoms with E-state index in [0.717, 1.165) is 5.56 Å². The van der Waals surface area contributed by atoms with Crippen molar-refractivity contribution in [1.29, 1.82) is 0 Å². The van der Waals surface area contributed by atoms with Gasteiger partial charge in [-0.1, -0.05) is 30.4 Å². The van der Waals surface area contributed by atoms with Gasteiger partial charge in [-0.3, -0.25) is 0 Å². The van der Waals surface area contributed by atoms with Gasteiger partial charge in [0.2, 0.25) is 0 Å². The molecule has 0 unspecified atom stereocenters. The summed E-state index contributed by atoms with van der Waals surface area (Å²) < 4.78 is 5.52. The SMILES string of the molecule is OC[C@H]1O[C@@H](Cc2cc(O)cc(C=Cc3ccc(O)cc3)c2)[C@H](O)[C@@H](O)[C@@H]1O. The van der Waals surface area contributed by atoms with E-state index >= 15 is 0 Å². The van der Waals surface area contributed by atoms with Gasteiger partial charge in [0.15, 0.2) is 0 Å². The molecule has 1 saturated heterocycles. The Hall–Kier alpha value is -2.42. The smallest absolute Gasteiger partial charge is 0.116 e. The molecule has 2 aromatic carbocycles. The lowest BCUT2D eigenvalue weighted by molar-refractivity contribution is -0.228. The maximum atomic E-state index is 10.2. The summed E-state index contributed by atoms with van der Waals surface area (Å²) in [6.45, 7) is -0.484. The molecule has 0 amide bonds. The van der Waals surface area contributed by atoms with Crippen LogP contribution in [-0.2, 0) is 11.2 Å². The van der Waals surface area contributed by atoms with Gasteiger partial charge in [-0.25, -0.2) is 0 Å². The van der Waals surface area contributed by atoms with Crippen LogP contribution in [0.25, 0.3) is 12.2 Å². The molecule has 1 heterocycles. The van der Waals surface area contributed by atoms with Crippen LogP contribution in [0.15, 0.2) is 42.5 Å². The monoisotopic (exact) mass is 388 g/mol. The number of phenolic OH excluding ortho intramolecular Hbond substituents is 2. The third-order valence-electron chi connectivity index (χ3n) is 4.79. The summed E-state index contributed by atoms with van der Waals surface area (Å²) in [5.74, 6) is 0.212. The van der Waals surface area contributed by atoms with Gasteiger partial charge in [0.25, 0.3) is 0 Å². The van der Waals surface area contributed by atoms with Crippen molar-refractivity contribution >= 4 is 12.2 Å². The molecule has 1 aliphatic heterocycles. The molecule has 3 rings (SSSR count). The summed E-state index contributed by atoms with van der Waals surface area (Å²) in [4.78, 5) is 0. The largest absolute Gasteiger partial charge is 0.508 e. The number of aromatic hydroxyl groups is 2. The Balaban J connectivity index is 1.76. The third kappa shape index (κ3) is 4.70. The molecule has 0 radical (unpaired) electrons. The summed E-state index contributed by atoms with van der Waals surface area (Å²) in [6.07, 6.45) is -2.16. The Kier molecular flexibility index (Phi) is 6.33. The van der Waals surface area contributed by atoms with Crippen LogP contribution >= 0.6 is 0 Å². The number of phenols is 2.